The van der Waals surface area contributed by atoms with Crippen LogP contribution in [0.2, 0.25) is 0 Å². The van der Waals surface area contributed by atoms with Crippen LogP contribution in [0.1, 0.15) is 19.3 Å². The van der Waals surface area contributed by atoms with Crippen molar-refractivity contribution < 1.29 is 27.5 Å². The van der Waals surface area contributed by atoms with E-state index in [4.69, 9.17) is 9.47 Å². The lowest BCUT2D eigenvalue weighted by Crippen LogP contribution is -2.48. The summed E-state index contributed by atoms with van der Waals surface area (Å²) in [6.07, 6.45) is -2.22. The van der Waals surface area contributed by atoms with Gasteiger partial charge in [0.2, 0.25) is 0 Å². The second-order valence-corrected chi connectivity index (χ2v) is 4.55. The molecule has 1 N–H and O–H groups in total. The first-order valence-electron chi connectivity index (χ1n) is 5.65. The van der Waals surface area contributed by atoms with Crippen molar-refractivity contribution in [2.45, 2.75) is 37.1 Å². The van der Waals surface area contributed by atoms with E-state index in [0.29, 0.717) is 32.7 Å². The highest BCUT2D eigenvalue weighted by atomic mass is 19.4. The van der Waals surface area contributed by atoms with Crippen molar-refractivity contribution in [1.82, 2.24) is 5.48 Å². The quantitative estimate of drug-likeness (QED) is 0.774. The van der Waals surface area contributed by atoms with Crippen LogP contribution < -0.4 is 5.48 Å². The zero-order chi connectivity index (χ0) is 12.4. The van der Waals surface area contributed by atoms with Gasteiger partial charge in [-0.3, -0.25) is 4.84 Å². The van der Waals surface area contributed by atoms with Crippen LogP contribution in [0.5, 0.6) is 0 Å². The van der Waals surface area contributed by atoms with E-state index < -0.39 is 12.8 Å². The molecule has 2 saturated heterocycles. The molecule has 4 nitrogen and oxygen atoms in total. The number of halogens is 3. The highest BCUT2D eigenvalue weighted by molar-refractivity contribution is 4.91. The van der Waals surface area contributed by atoms with Crippen molar-refractivity contribution >= 4 is 0 Å². The first-order valence-corrected chi connectivity index (χ1v) is 5.65. The minimum atomic E-state index is -4.30. The first kappa shape index (κ1) is 13.1. The molecule has 7 heteroatoms. The fourth-order valence-electron chi connectivity index (χ4n) is 2.23. The number of hydroxylamine groups is 1. The zero-order valence-corrected chi connectivity index (χ0v) is 9.39. The van der Waals surface area contributed by atoms with Gasteiger partial charge in [0.25, 0.3) is 0 Å². The van der Waals surface area contributed by atoms with E-state index in [1.54, 1.807) is 0 Å². The summed E-state index contributed by atoms with van der Waals surface area (Å²) in [6, 6.07) is -0.104. The van der Waals surface area contributed by atoms with Crippen LogP contribution in [0.25, 0.3) is 0 Å². The molecular formula is C10H16F3NO3. The lowest BCUT2D eigenvalue weighted by atomic mass is 9.90. The third-order valence-corrected chi connectivity index (χ3v) is 3.05. The van der Waals surface area contributed by atoms with Crippen molar-refractivity contribution in [1.29, 1.82) is 0 Å². The second kappa shape index (κ2) is 5.09. The van der Waals surface area contributed by atoms with Gasteiger partial charge in [0.05, 0.1) is 12.2 Å². The number of nitrogens with one attached hydrogen (secondary N) is 1. The minimum absolute atomic E-state index is 0.104. The average Bonchev–Trinajstić information content (AvgIpc) is 2.64. The van der Waals surface area contributed by atoms with Crippen LogP contribution in [0.3, 0.4) is 0 Å². The SMILES string of the molecule is FC(F)(F)CONC1CCOC2(CCOC2)C1. The summed E-state index contributed by atoms with van der Waals surface area (Å²) in [7, 11) is 0. The van der Waals surface area contributed by atoms with Crippen molar-refractivity contribution in [3.8, 4) is 0 Å². The van der Waals surface area contributed by atoms with E-state index in [-0.39, 0.29) is 11.6 Å². The van der Waals surface area contributed by atoms with E-state index in [1.807, 2.05) is 0 Å². The van der Waals surface area contributed by atoms with Crippen LogP contribution in [0.15, 0.2) is 0 Å². The maximum Gasteiger partial charge on any atom is 0.413 e. The Kier molecular flexibility index (Phi) is 3.92. The molecule has 0 aliphatic carbocycles. The van der Waals surface area contributed by atoms with Gasteiger partial charge in [0, 0.05) is 25.7 Å². The van der Waals surface area contributed by atoms with Gasteiger partial charge >= 0.3 is 6.18 Å². The maximum atomic E-state index is 11.9. The number of alkyl halides is 3. The molecule has 2 aliphatic rings. The standard InChI is InChI=1S/C10H16F3NO3/c11-10(12,13)7-17-14-8-1-3-16-9(5-8)2-4-15-6-9/h8,14H,1-7H2. The Hall–Kier alpha value is -0.370. The molecule has 0 radical (unpaired) electrons. The summed E-state index contributed by atoms with van der Waals surface area (Å²) >= 11 is 0. The molecule has 1 spiro atoms. The molecule has 0 aromatic carbocycles. The summed E-state index contributed by atoms with van der Waals surface area (Å²) in [6.45, 7) is 0.421. The Bertz CT molecular complexity index is 254. The number of hydrogen-bond acceptors (Lipinski definition) is 4. The van der Waals surface area contributed by atoms with Gasteiger partial charge in [0.15, 0.2) is 6.61 Å². The van der Waals surface area contributed by atoms with Crippen LogP contribution >= 0.6 is 0 Å². The predicted octanol–water partition coefficient (Wildman–Crippen LogP) is 1.41. The Morgan fingerprint density at radius 2 is 2.18 bits per heavy atom. The van der Waals surface area contributed by atoms with E-state index in [0.717, 1.165) is 6.42 Å². The molecule has 2 aliphatic heterocycles. The predicted molar refractivity (Wildman–Crippen MR) is 52.3 cm³/mol. The molecule has 0 saturated carbocycles. The van der Waals surface area contributed by atoms with Crippen LogP contribution in [0, 0.1) is 0 Å². The number of hydrogen-bond donors (Lipinski definition) is 1. The monoisotopic (exact) mass is 255 g/mol. The second-order valence-electron chi connectivity index (χ2n) is 4.55. The van der Waals surface area contributed by atoms with E-state index in [2.05, 4.69) is 10.3 Å². The summed E-state index contributed by atoms with van der Waals surface area (Å²) in [5.74, 6) is 0. The smallest absolute Gasteiger partial charge is 0.378 e. The number of ether oxygens (including phenoxy) is 2. The van der Waals surface area contributed by atoms with E-state index >= 15 is 0 Å². The minimum Gasteiger partial charge on any atom is -0.378 e. The normalized spacial score (nSPS) is 34.4. The molecule has 100 valence electrons. The van der Waals surface area contributed by atoms with E-state index in [1.165, 1.54) is 0 Å². The molecule has 0 aromatic heterocycles. The lowest BCUT2D eigenvalue weighted by molar-refractivity contribution is -0.199. The summed E-state index contributed by atoms with van der Waals surface area (Å²) in [5, 5.41) is 0. The Labute approximate surface area is 97.4 Å². The average molecular weight is 255 g/mol. The molecule has 0 aromatic rings. The first-order chi connectivity index (χ1) is 7.99. The lowest BCUT2D eigenvalue weighted by Gasteiger charge is -2.37. The van der Waals surface area contributed by atoms with Gasteiger partial charge in [-0.2, -0.15) is 18.7 Å². The molecule has 2 unspecified atom stereocenters. The molecule has 17 heavy (non-hydrogen) atoms. The summed E-state index contributed by atoms with van der Waals surface area (Å²) in [5.41, 5.74) is 2.15. The third kappa shape index (κ3) is 3.80. The summed E-state index contributed by atoms with van der Waals surface area (Å²) < 4.78 is 46.6. The van der Waals surface area contributed by atoms with Crippen LogP contribution in [-0.4, -0.2) is 44.2 Å². The largest absolute Gasteiger partial charge is 0.413 e. The highest BCUT2D eigenvalue weighted by Crippen LogP contribution is 2.32. The molecular weight excluding hydrogens is 239 g/mol. The molecule has 2 fully saturated rings. The van der Waals surface area contributed by atoms with Crippen molar-refractivity contribution in [2.24, 2.45) is 0 Å². The van der Waals surface area contributed by atoms with E-state index in [9.17, 15) is 13.2 Å². The number of rotatable bonds is 3. The van der Waals surface area contributed by atoms with Gasteiger partial charge in [-0.05, 0) is 12.8 Å². The molecule has 2 heterocycles. The zero-order valence-electron chi connectivity index (χ0n) is 9.39. The molecule has 0 bridgehead atoms. The van der Waals surface area contributed by atoms with Gasteiger partial charge in [-0.15, -0.1) is 0 Å². The highest BCUT2D eigenvalue weighted by Gasteiger charge is 2.41. The molecule has 2 atom stereocenters. The van der Waals surface area contributed by atoms with Crippen molar-refractivity contribution in [2.75, 3.05) is 26.4 Å². The fourth-order valence-corrected chi connectivity index (χ4v) is 2.23. The van der Waals surface area contributed by atoms with Crippen LogP contribution in [0.4, 0.5) is 13.2 Å². The summed E-state index contributed by atoms with van der Waals surface area (Å²) in [4.78, 5) is 4.47. The van der Waals surface area contributed by atoms with Gasteiger partial charge < -0.3 is 9.47 Å². The molecule has 2 rings (SSSR count). The molecule has 0 amide bonds. The topological polar surface area (TPSA) is 39.7 Å². The maximum absolute atomic E-state index is 11.9. The van der Waals surface area contributed by atoms with Gasteiger partial charge in [-0.1, -0.05) is 0 Å². The third-order valence-electron chi connectivity index (χ3n) is 3.05. The van der Waals surface area contributed by atoms with Gasteiger partial charge in [-0.25, -0.2) is 0 Å². The fraction of sp³-hybridized carbons (Fsp3) is 1.00. The Balaban J connectivity index is 1.74. The van der Waals surface area contributed by atoms with Gasteiger partial charge in [0.1, 0.15) is 0 Å². The van der Waals surface area contributed by atoms with Crippen molar-refractivity contribution in [3.63, 3.8) is 0 Å². The van der Waals surface area contributed by atoms with Crippen LogP contribution in [-0.2, 0) is 14.3 Å². The Morgan fingerprint density at radius 3 is 2.82 bits per heavy atom. The Morgan fingerprint density at radius 1 is 1.35 bits per heavy atom. The van der Waals surface area contributed by atoms with Crippen molar-refractivity contribution in [3.05, 3.63) is 0 Å².